The van der Waals surface area contributed by atoms with Gasteiger partial charge in [-0.1, -0.05) is 0 Å². The number of hydrogen-bond acceptors (Lipinski definition) is 5. The minimum atomic E-state index is -1.17. The molecule has 108 valence electrons. The average molecular weight is 288 g/mol. The number of aromatic nitrogens is 1. The number of halogens is 1. The molecule has 7 heteroatoms. The molecule has 5 N–H and O–H groups in total. The van der Waals surface area contributed by atoms with Crippen molar-refractivity contribution in [3.8, 4) is 0 Å². The minimum absolute atomic E-state index is 0.0739. The molecule has 0 unspecified atom stereocenters. The van der Waals surface area contributed by atoms with Crippen molar-refractivity contribution in [2.45, 2.75) is 0 Å². The molecular formula is C14H13FN4O2. The summed E-state index contributed by atoms with van der Waals surface area (Å²) in [4.78, 5) is 14.8. The number of carboxylic acids is 1. The maximum Gasteiger partial charge on any atom is 0.335 e. The van der Waals surface area contributed by atoms with Crippen LogP contribution in [-0.4, -0.2) is 16.1 Å². The Morgan fingerprint density at radius 2 is 2.10 bits per heavy atom. The van der Waals surface area contributed by atoms with Crippen LogP contribution in [0.15, 0.2) is 48.9 Å². The van der Waals surface area contributed by atoms with Crippen LogP contribution in [0.5, 0.6) is 0 Å². The predicted molar refractivity (Wildman–Crippen MR) is 76.4 cm³/mol. The first kappa shape index (κ1) is 14.5. The highest BCUT2D eigenvalue weighted by molar-refractivity contribution is 5.89. The summed E-state index contributed by atoms with van der Waals surface area (Å²) in [6, 6.07) is 6.74. The first-order chi connectivity index (χ1) is 9.99. The molecule has 0 saturated carbocycles. The Labute approximate surface area is 120 Å². The zero-order chi connectivity index (χ0) is 15.4. The molecule has 0 atom stereocenters. The van der Waals surface area contributed by atoms with Gasteiger partial charge in [0.05, 0.1) is 16.9 Å². The van der Waals surface area contributed by atoms with Crippen LogP contribution in [0.2, 0.25) is 0 Å². The van der Waals surface area contributed by atoms with Gasteiger partial charge in [-0.05, 0) is 30.3 Å². The lowest BCUT2D eigenvalue weighted by Crippen LogP contribution is -2.27. The van der Waals surface area contributed by atoms with Gasteiger partial charge < -0.3 is 10.8 Å². The summed E-state index contributed by atoms with van der Waals surface area (Å²) < 4.78 is 13.7. The predicted octanol–water partition coefficient (Wildman–Crippen LogP) is 1.56. The van der Waals surface area contributed by atoms with E-state index in [9.17, 15) is 9.18 Å². The van der Waals surface area contributed by atoms with E-state index in [2.05, 4.69) is 4.98 Å². The van der Waals surface area contributed by atoms with Gasteiger partial charge >= 0.3 is 5.97 Å². The van der Waals surface area contributed by atoms with Crippen LogP contribution in [0.1, 0.15) is 15.9 Å². The number of nitrogens with zero attached hydrogens (tertiary/aromatic N) is 2. The number of nitrogens with two attached hydrogens (primary N) is 2. The zero-order valence-corrected chi connectivity index (χ0v) is 10.9. The van der Waals surface area contributed by atoms with E-state index in [1.165, 1.54) is 12.4 Å². The van der Waals surface area contributed by atoms with Crippen molar-refractivity contribution < 1.29 is 14.3 Å². The van der Waals surface area contributed by atoms with E-state index in [1.54, 1.807) is 18.3 Å². The van der Waals surface area contributed by atoms with Gasteiger partial charge in [-0.2, -0.15) is 0 Å². The van der Waals surface area contributed by atoms with Gasteiger partial charge in [-0.15, -0.1) is 0 Å². The fraction of sp³-hybridized carbons (Fsp3) is 0. The molecule has 0 saturated heterocycles. The fourth-order valence-electron chi connectivity index (χ4n) is 1.67. The highest BCUT2D eigenvalue weighted by atomic mass is 19.1. The van der Waals surface area contributed by atoms with Crippen molar-refractivity contribution in [1.82, 2.24) is 4.98 Å². The highest BCUT2D eigenvalue weighted by Crippen LogP contribution is 2.20. The number of hydrogen-bond donors (Lipinski definition) is 3. The van der Waals surface area contributed by atoms with E-state index in [-0.39, 0.29) is 16.9 Å². The molecule has 0 radical (unpaired) electrons. The second kappa shape index (κ2) is 6.02. The third-order valence-electron chi connectivity index (χ3n) is 2.74. The maximum atomic E-state index is 13.7. The van der Waals surface area contributed by atoms with Crippen molar-refractivity contribution in [2.24, 2.45) is 11.6 Å². The van der Waals surface area contributed by atoms with Gasteiger partial charge in [0.15, 0.2) is 0 Å². The average Bonchev–Trinajstić information content (AvgIpc) is 2.48. The van der Waals surface area contributed by atoms with E-state index in [4.69, 9.17) is 16.7 Å². The SMILES string of the molecule is NC(=CN(N)c1cc(C(=O)O)ccc1F)c1cccnc1. The fourth-order valence-corrected chi connectivity index (χ4v) is 1.67. The smallest absolute Gasteiger partial charge is 0.335 e. The molecule has 0 spiro atoms. The molecule has 1 aromatic carbocycles. The normalized spacial score (nSPS) is 11.2. The number of aromatic carboxylic acids is 1. The summed E-state index contributed by atoms with van der Waals surface area (Å²) >= 11 is 0. The lowest BCUT2D eigenvalue weighted by molar-refractivity contribution is 0.0697. The van der Waals surface area contributed by atoms with Gasteiger partial charge in [0.1, 0.15) is 5.82 Å². The Bertz CT molecular complexity index is 689. The van der Waals surface area contributed by atoms with Crippen LogP contribution in [0.25, 0.3) is 5.70 Å². The van der Waals surface area contributed by atoms with Crippen LogP contribution >= 0.6 is 0 Å². The number of carboxylic acid groups (broad SMARTS) is 1. The maximum absolute atomic E-state index is 13.7. The summed E-state index contributed by atoms with van der Waals surface area (Å²) in [5.74, 6) is 3.90. The summed E-state index contributed by atoms with van der Waals surface area (Å²) in [6.07, 6.45) is 4.41. The first-order valence-corrected chi connectivity index (χ1v) is 5.93. The van der Waals surface area contributed by atoms with Gasteiger partial charge in [0.25, 0.3) is 0 Å². The lowest BCUT2D eigenvalue weighted by Gasteiger charge is -2.16. The van der Waals surface area contributed by atoms with E-state index < -0.39 is 11.8 Å². The number of anilines is 1. The molecule has 21 heavy (non-hydrogen) atoms. The standard InChI is InChI=1S/C14H13FN4O2/c15-11-4-3-9(14(20)21)6-13(11)19(17)8-12(16)10-2-1-5-18-7-10/h1-8H,16-17H2,(H,20,21). The molecular weight excluding hydrogens is 275 g/mol. The molecule has 0 aliphatic carbocycles. The number of pyridine rings is 1. The van der Waals surface area contributed by atoms with Crippen LogP contribution in [0.3, 0.4) is 0 Å². The molecule has 1 heterocycles. The molecule has 1 aromatic heterocycles. The number of carbonyl (C=O) groups is 1. The summed E-state index contributed by atoms with van der Waals surface area (Å²) in [6.45, 7) is 0. The summed E-state index contributed by atoms with van der Waals surface area (Å²) in [7, 11) is 0. The molecule has 0 aliphatic rings. The highest BCUT2D eigenvalue weighted by Gasteiger charge is 2.12. The van der Waals surface area contributed by atoms with Gasteiger partial charge in [-0.3, -0.25) is 9.99 Å². The molecule has 6 nitrogen and oxygen atoms in total. The van der Waals surface area contributed by atoms with Gasteiger partial charge in [0.2, 0.25) is 0 Å². The Hall–Kier alpha value is -2.93. The minimum Gasteiger partial charge on any atom is -0.478 e. The summed E-state index contributed by atoms with van der Waals surface area (Å²) in [5.41, 5.74) is 6.56. The monoisotopic (exact) mass is 288 g/mol. The zero-order valence-electron chi connectivity index (χ0n) is 10.9. The second-order valence-electron chi connectivity index (χ2n) is 4.20. The van der Waals surface area contributed by atoms with Crippen molar-refractivity contribution in [3.63, 3.8) is 0 Å². The Kier molecular flexibility index (Phi) is 4.15. The largest absolute Gasteiger partial charge is 0.478 e. The molecule has 0 bridgehead atoms. The van der Waals surface area contributed by atoms with Gasteiger partial charge in [-0.25, -0.2) is 15.0 Å². The Morgan fingerprint density at radius 3 is 2.71 bits per heavy atom. The topological polar surface area (TPSA) is 105 Å². The van der Waals surface area contributed by atoms with Crippen LogP contribution in [0.4, 0.5) is 10.1 Å². The molecule has 2 aromatic rings. The number of hydrazine groups is 1. The Morgan fingerprint density at radius 1 is 1.33 bits per heavy atom. The van der Waals surface area contributed by atoms with Crippen molar-refractivity contribution in [1.29, 1.82) is 0 Å². The van der Waals surface area contributed by atoms with Crippen LogP contribution in [-0.2, 0) is 0 Å². The molecule has 2 rings (SSSR count). The number of benzene rings is 1. The Balaban J connectivity index is 2.34. The van der Waals surface area contributed by atoms with E-state index in [0.717, 1.165) is 23.2 Å². The van der Waals surface area contributed by atoms with Crippen LogP contribution in [0, 0.1) is 5.82 Å². The quantitative estimate of drug-likeness (QED) is 0.582. The van der Waals surface area contributed by atoms with Crippen LogP contribution < -0.4 is 16.6 Å². The third kappa shape index (κ3) is 3.34. The second-order valence-corrected chi connectivity index (χ2v) is 4.20. The van der Waals surface area contributed by atoms with E-state index in [0.29, 0.717) is 5.56 Å². The first-order valence-electron chi connectivity index (χ1n) is 5.93. The van der Waals surface area contributed by atoms with E-state index >= 15 is 0 Å². The van der Waals surface area contributed by atoms with Crippen molar-refractivity contribution in [3.05, 3.63) is 65.9 Å². The van der Waals surface area contributed by atoms with E-state index in [1.807, 2.05) is 0 Å². The third-order valence-corrected chi connectivity index (χ3v) is 2.74. The summed E-state index contributed by atoms with van der Waals surface area (Å²) in [5, 5.41) is 9.85. The van der Waals surface area contributed by atoms with Crippen molar-refractivity contribution in [2.75, 3.05) is 5.01 Å². The van der Waals surface area contributed by atoms with Gasteiger partial charge in [0, 0.05) is 24.2 Å². The molecule has 0 aliphatic heterocycles. The van der Waals surface area contributed by atoms with Crippen molar-refractivity contribution >= 4 is 17.4 Å². The molecule has 0 amide bonds. The lowest BCUT2D eigenvalue weighted by atomic mass is 10.2. The number of rotatable bonds is 4. The molecule has 0 fully saturated rings.